The first-order chi connectivity index (χ1) is 11.8. The van der Waals surface area contributed by atoms with Gasteiger partial charge in [0.05, 0.1) is 18.8 Å². The van der Waals surface area contributed by atoms with Crippen LogP contribution in [-0.4, -0.2) is 30.6 Å². The van der Waals surface area contributed by atoms with Crippen molar-refractivity contribution in [3.8, 4) is 11.3 Å². The van der Waals surface area contributed by atoms with Gasteiger partial charge < -0.3 is 4.74 Å². The molecule has 1 aromatic heterocycles. The molecule has 0 unspecified atom stereocenters. The first kappa shape index (κ1) is 17.0. The Balaban J connectivity index is 2.01. The summed E-state index contributed by atoms with van der Waals surface area (Å²) in [6.07, 6.45) is 5.77. The van der Waals surface area contributed by atoms with E-state index in [0.717, 1.165) is 28.9 Å². The van der Waals surface area contributed by atoms with Crippen molar-refractivity contribution < 1.29 is 9.13 Å². The molecule has 24 heavy (non-hydrogen) atoms. The summed E-state index contributed by atoms with van der Waals surface area (Å²) in [7, 11) is 1.67. The molecule has 0 amide bonds. The van der Waals surface area contributed by atoms with Crippen LogP contribution in [0.3, 0.4) is 0 Å². The van der Waals surface area contributed by atoms with Gasteiger partial charge in [0, 0.05) is 23.8 Å². The third kappa shape index (κ3) is 4.19. The number of ether oxygens (including phenoxy) is 1. The summed E-state index contributed by atoms with van der Waals surface area (Å²) in [6, 6.07) is 6.53. The molecule has 0 spiro atoms. The lowest BCUT2D eigenvalue weighted by molar-refractivity contribution is 0.207. The Labute approximate surface area is 145 Å². The standard InChI is InChI=1S/C18H22FN3OS/c1-23-12-11-20-18-22(21-16-5-3-2-4-6-16)17(13-24-18)14-7-9-15(19)10-8-14/h7-10,13H,2-6,11-12H2,1H3. The molecule has 0 bridgehead atoms. The van der Waals surface area contributed by atoms with Crippen LogP contribution in [0.1, 0.15) is 32.1 Å². The van der Waals surface area contributed by atoms with Crippen molar-refractivity contribution in [1.29, 1.82) is 0 Å². The van der Waals surface area contributed by atoms with Crippen LogP contribution in [0.2, 0.25) is 0 Å². The molecule has 128 valence electrons. The van der Waals surface area contributed by atoms with Gasteiger partial charge in [-0.05, 0) is 49.9 Å². The Morgan fingerprint density at radius 1 is 1.17 bits per heavy atom. The molecule has 1 fully saturated rings. The average Bonchev–Trinajstić information content (AvgIpc) is 2.99. The van der Waals surface area contributed by atoms with Gasteiger partial charge in [0.2, 0.25) is 4.80 Å². The Morgan fingerprint density at radius 2 is 1.92 bits per heavy atom. The van der Waals surface area contributed by atoms with Crippen LogP contribution in [0.4, 0.5) is 4.39 Å². The SMILES string of the molecule is COCCN=c1scc(-c2ccc(F)cc2)n1N=C1CCCCC1. The van der Waals surface area contributed by atoms with Crippen LogP contribution in [0, 0.1) is 5.82 Å². The number of thiazole rings is 1. The van der Waals surface area contributed by atoms with Crippen molar-refractivity contribution in [2.24, 2.45) is 10.1 Å². The Kier molecular flexibility index (Phi) is 5.93. The molecular weight excluding hydrogens is 325 g/mol. The van der Waals surface area contributed by atoms with E-state index in [0.29, 0.717) is 13.2 Å². The van der Waals surface area contributed by atoms with Gasteiger partial charge in [0.25, 0.3) is 0 Å². The predicted molar refractivity (Wildman–Crippen MR) is 95.9 cm³/mol. The predicted octanol–water partition coefficient (Wildman–Crippen LogP) is 4.07. The number of nitrogens with zero attached hydrogens (tertiary/aromatic N) is 3. The van der Waals surface area contributed by atoms with Crippen LogP contribution in [0.5, 0.6) is 0 Å². The molecule has 1 aliphatic carbocycles. The van der Waals surface area contributed by atoms with Gasteiger partial charge in [-0.3, -0.25) is 4.99 Å². The molecule has 1 aliphatic rings. The summed E-state index contributed by atoms with van der Waals surface area (Å²) in [5, 5.41) is 6.90. The van der Waals surface area contributed by atoms with Crippen molar-refractivity contribution in [3.63, 3.8) is 0 Å². The fourth-order valence-electron chi connectivity index (χ4n) is 2.76. The monoisotopic (exact) mass is 347 g/mol. The van der Waals surface area contributed by atoms with Crippen LogP contribution in [-0.2, 0) is 4.74 Å². The quantitative estimate of drug-likeness (QED) is 0.752. The van der Waals surface area contributed by atoms with E-state index in [1.807, 2.05) is 10.1 Å². The number of hydrogen-bond donors (Lipinski definition) is 0. The number of methoxy groups -OCH3 is 1. The lowest BCUT2D eigenvalue weighted by Crippen LogP contribution is -2.17. The molecule has 1 saturated carbocycles. The highest BCUT2D eigenvalue weighted by Crippen LogP contribution is 2.22. The smallest absolute Gasteiger partial charge is 0.206 e. The molecule has 4 nitrogen and oxygen atoms in total. The molecule has 2 aromatic rings. The zero-order valence-corrected chi connectivity index (χ0v) is 14.7. The van der Waals surface area contributed by atoms with Crippen LogP contribution >= 0.6 is 11.3 Å². The Bertz CT molecular complexity index is 753. The molecule has 0 atom stereocenters. The van der Waals surface area contributed by atoms with E-state index < -0.39 is 0 Å². The van der Waals surface area contributed by atoms with Gasteiger partial charge in [-0.2, -0.15) is 5.10 Å². The first-order valence-corrected chi connectivity index (χ1v) is 9.18. The van der Waals surface area contributed by atoms with Crippen LogP contribution in [0.25, 0.3) is 11.3 Å². The molecule has 0 saturated heterocycles. The van der Waals surface area contributed by atoms with Crippen LogP contribution in [0.15, 0.2) is 39.7 Å². The van der Waals surface area contributed by atoms with Crippen molar-refractivity contribution in [2.75, 3.05) is 20.3 Å². The lowest BCUT2D eigenvalue weighted by Gasteiger charge is -2.13. The summed E-state index contributed by atoms with van der Waals surface area (Å²) < 4.78 is 20.2. The maximum Gasteiger partial charge on any atom is 0.206 e. The van der Waals surface area contributed by atoms with Gasteiger partial charge in [0.1, 0.15) is 5.82 Å². The number of benzene rings is 1. The average molecular weight is 347 g/mol. The molecule has 0 radical (unpaired) electrons. The highest BCUT2D eigenvalue weighted by atomic mass is 32.1. The van der Waals surface area contributed by atoms with Gasteiger partial charge in [-0.25, -0.2) is 9.07 Å². The fourth-order valence-corrected chi connectivity index (χ4v) is 3.61. The molecule has 3 rings (SSSR count). The molecule has 6 heteroatoms. The van der Waals surface area contributed by atoms with Gasteiger partial charge in [-0.15, -0.1) is 11.3 Å². The summed E-state index contributed by atoms with van der Waals surface area (Å²) in [6.45, 7) is 1.19. The van der Waals surface area contributed by atoms with E-state index in [4.69, 9.17) is 9.84 Å². The van der Waals surface area contributed by atoms with Gasteiger partial charge in [-0.1, -0.05) is 6.42 Å². The second kappa shape index (κ2) is 8.35. The normalized spacial score (nSPS) is 15.8. The zero-order valence-electron chi connectivity index (χ0n) is 13.9. The second-order valence-corrected chi connectivity index (χ2v) is 6.66. The maximum atomic E-state index is 13.2. The van der Waals surface area contributed by atoms with Crippen LogP contribution < -0.4 is 4.80 Å². The third-order valence-electron chi connectivity index (χ3n) is 4.04. The van der Waals surface area contributed by atoms with E-state index >= 15 is 0 Å². The minimum absolute atomic E-state index is 0.232. The zero-order chi connectivity index (χ0) is 16.8. The topological polar surface area (TPSA) is 38.9 Å². The van der Waals surface area contributed by atoms with Crippen molar-refractivity contribution in [3.05, 3.63) is 40.3 Å². The van der Waals surface area contributed by atoms with Crippen molar-refractivity contribution >= 4 is 17.0 Å². The number of halogens is 1. The summed E-state index contributed by atoms with van der Waals surface area (Å²) in [5.74, 6) is -0.232. The Morgan fingerprint density at radius 3 is 2.62 bits per heavy atom. The number of aromatic nitrogens is 1. The first-order valence-electron chi connectivity index (χ1n) is 8.30. The number of hydrogen-bond acceptors (Lipinski definition) is 4. The highest BCUT2D eigenvalue weighted by molar-refractivity contribution is 7.07. The summed E-state index contributed by atoms with van der Waals surface area (Å²) in [4.78, 5) is 5.45. The molecule has 1 heterocycles. The van der Waals surface area contributed by atoms with E-state index in [1.165, 1.54) is 37.1 Å². The van der Waals surface area contributed by atoms with Crippen molar-refractivity contribution in [1.82, 2.24) is 4.68 Å². The fraction of sp³-hybridized carbons (Fsp3) is 0.444. The maximum absolute atomic E-state index is 13.2. The van der Waals surface area contributed by atoms with Gasteiger partial charge in [0.15, 0.2) is 0 Å². The van der Waals surface area contributed by atoms with Gasteiger partial charge >= 0.3 is 0 Å². The Hall–Kier alpha value is -1.79. The largest absolute Gasteiger partial charge is 0.383 e. The van der Waals surface area contributed by atoms with Crippen molar-refractivity contribution in [2.45, 2.75) is 32.1 Å². The lowest BCUT2D eigenvalue weighted by atomic mass is 9.99. The molecule has 0 N–H and O–H groups in total. The van der Waals surface area contributed by atoms with E-state index in [-0.39, 0.29) is 5.82 Å². The molecule has 1 aromatic carbocycles. The second-order valence-electron chi connectivity index (χ2n) is 5.82. The highest BCUT2D eigenvalue weighted by Gasteiger charge is 2.11. The molecular formula is C18H22FN3OS. The van der Waals surface area contributed by atoms with E-state index in [1.54, 1.807) is 30.6 Å². The van der Waals surface area contributed by atoms with E-state index in [2.05, 4.69) is 4.99 Å². The minimum Gasteiger partial charge on any atom is -0.383 e. The summed E-state index contributed by atoms with van der Waals surface area (Å²) >= 11 is 1.55. The van der Waals surface area contributed by atoms with E-state index in [9.17, 15) is 4.39 Å². The number of rotatable bonds is 5. The third-order valence-corrected chi connectivity index (χ3v) is 4.89. The minimum atomic E-state index is -0.232. The summed E-state index contributed by atoms with van der Waals surface area (Å²) in [5.41, 5.74) is 3.12. The molecule has 0 aliphatic heterocycles.